The Labute approximate surface area is 168 Å². The summed E-state index contributed by atoms with van der Waals surface area (Å²) in [6.45, 7) is 1.79. The molecule has 28 heavy (non-hydrogen) atoms. The molecule has 1 atom stereocenters. The Hall–Kier alpha value is -2.50. The molecular weight excluding hydrogens is 435 g/mol. The van der Waals surface area contributed by atoms with E-state index in [1.165, 1.54) is 24.5 Å². The van der Waals surface area contributed by atoms with Gasteiger partial charge in [-0.3, -0.25) is 10.7 Å². The monoisotopic (exact) mass is 454 g/mol. The number of hydrogen-bond acceptors (Lipinski definition) is 6. The number of urea groups is 1. The van der Waals surface area contributed by atoms with Gasteiger partial charge in [-0.25, -0.2) is 14.2 Å². The first kappa shape index (κ1) is 20.2. The van der Waals surface area contributed by atoms with Gasteiger partial charge in [0.15, 0.2) is 11.5 Å². The molecule has 9 nitrogen and oxygen atoms in total. The van der Waals surface area contributed by atoms with Crippen molar-refractivity contribution in [2.75, 3.05) is 18.4 Å². The molecule has 2 heterocycles. The fourth-order valence-corrected chi connectivity index (χ4v) is 3.18. The van der Waals surface area contributed by atoms with Crippen LogP contribution < -0.4 is 21.4 Å². The highest BCUT2D eigenvalue weighted by atomic mass is 79.9. The Balaban J connectivity index is 1.72. The van der Waals surface area contributed by atoms with Crippen molar-refractivity contribution >= 4 is 39.2 Å². The molecule has 3 rings (SSSR count). The number of halogens is 2. The summed E-state index contributed by atoms with van der Waals surface area (Å²) in [5.74, 6) is -0.507. The van der Waals surface area contributed by atoms with E-state index in [4.69, 9.17) is 4.52 Å². The number of nitrogens with zero attached hydrogens (tertiary/aromatic N) is 2. The molecule has 11 heteroatoms. The van der Waals surface area contributed by atoms with Gasteiger partial charge in [0.25, 0.3) is 0 Å². The van der Waals surface area contributed by atoms with Gasteiger partial charge in [0.2, 0.25) is 0 Å². The van der Waals surface area contributed by atoms with Crippen molar-refractivity contribution < 1.29 is 18.9 Å². The number of aromatic nitrogens is 1. The predicted molar refractivity (Wildman–Crippen MR) is 104 cm³/mol. The second kappa shape index (κ2) is 9.62. The van der Waals surface area contributed by atoms with Crippen LogP contribution in [-0.4, -0.2) is 41.4 Å². The second-order valence-electron chi connectivity index (χ2n) is 6.22. The largest absolute Gasteiger partial charge is 0.362 e. The highest BCUT2D eigenvalue weighted by Gasteiger charge is 2.19. The Morgan fingerprint density at radius 1 is 1.39 bits per heavy atom. The summed E-state index contributed by atoms with van der Waals surface area (Å²) >= 11 is 3.08. The molecule has 1 saturated heterocycles. The number of nitrogens with one attached hydrogen (secondary N) is 4. The molecule has 0 aliphatic carbocycles. The minimum atomic E-state index is -0.438. The number of aliphatic imine (C=N–C) groups is 1. The van der Waals surface area contributed by atoms with Gasteiger partial charge in [0, 0.05) is 6.04 Å². The second-order valence-corrected chi connectivity index (χ2v) is 7.08. The maximum absolute atomic E-state index is 13.4. The Morgan fingerprint density at radius 3 is 3.04 bits per heavy atom. The lowest BCUT2D eigenvalue weighted by atomic mass is 10.1. The topological polar surface area (TPSA) is 124 Å². The van der Waals surface area contributed by atoms with Crippen LogP contribution >= 0.6 is 15.9 Å². The molecule has 1 aromatic heterocycles. The van der Waals surface area contributed by atoms with Crippen molar-refractivity contribution in [3.05, 3.63) is 40.4 Å². The highest BCUT2D eigenvalue weighted by Crippen LogP contribution is 2.23. The van der Waals surface area contributed by atoms with E-state index >= 15 is 0 Å². The minimum absolute atomic E-state index is 0.0683. The van der Waals surface area contributed by atoms with Crippen LogP contribution in [0.2, 0.25) is 0 Å². The van der Waals surface area contributed by atoms with Gasteiger partial charge in [-0.15, -0.1) is 0 Å². The van der Waals surface area contributed by atoms with Crippen LogP contribution in [0.1, 0.15) is 25.0 Å². The van der Waals surface area contributed by atoms with Gasteiger partial charge < -0.3 is 20.5 Å². The molecule has 0 bridgehead atoms. The zero-order valence-electron chi connectivity index (χ0n) is 14.8. The van der Waals surface area contributed by atoms with Crippen LogP contribution in [0.4, 0.5) is 20.6 Å². The Kier molecular flexibility index (Phi) is 6.95. The Morgan fingerprint density at radius 2 is 2.25 bits per heavy atom. The van der Waals surface area contributed by atoms with Crippen LogP contribution in [0.25, 0.3) is 0 Å². The van der Waals surface area contributed by atoms with Gasteiger partial charge in [-0.1, -0.05) is 5.16 Å². The number of carbonyl (C=O) groups is 1. The SMILES string of the molecule is O=C(Nc1conc1C(=Nc1ccc(F)c(Br)c1)NO)NC1CCCNCC1. The molecule has 150 valence electrons. The molecule has 1 fully saturated rings. The van der Waals surface area contributed by atoms with E-state index in [1.807, 2.05) is 5.48 Å². The smallest absolute Gasteiger partial charge is 0.319 e. The van der Waals surface area contributed by atoms with Gasteiger partial charge in [0.05, 0.1) is 10.2 Å². The van der Waals surface area contributed by atoms with Gasteiger partial charge in [-0.2, -0.15) is 0 Å². The van der Waals surface area contributed by atoms with Crippen LogP contribution in [-0.2, 0) is 0 Å². The quantitative estimate of drug-likeness (QED) is 0.275. The third kappa shape index (κ3) is 5.27. The molecular formula is C17H20BrFN6O3. The lowest BCUT2D eigenvalue weighted by Crippen LogP contribution is -2.38. The first-order valence-corrected chi connectivity index (χ1v) is 9.53. The maximum Gasteiger partial charge on any atom is 0.319 e. The molecule has 0 radical (unpaired) electrons. The van der Waals surface area contributed by atoms with Crippen LogP contribution in [0.15, 0.2) is 38.5 Å². The fourth-order valence-electron chi connectivity index (χ4n) is 2.82. The minimum Gasteiger partial charge on any atom is -0.362 e. The van der Waals surface area contributed by atoms with E-state index in [2.05, 4.69) is 42.0 Å². The van der Waals surface area contributed by atoms with Crippen molar-refractivity contribution in [1.29, 1.82) is 0 Å². The van der Waals surface area contributed by atoms with Gasteiger partial charge in [0.1, 0.15) is 17.8 Å². The van der Waals surface area contributed by atoms with Crippen LogP contribution in [0.3, 0.4) is 0 Å². The number of hydroxylamine groups is 1. The first-order valence-electron chi connectivity index (χ1n) is 8.73. The van der Waals surface area contributed by atoms with Crippen molar-refractivity contribution in [1.82, 2.24) is 21.3 Å². The summed E-state index contributed by atoms with van der Waals surface area (Å²) in [6.07, 6.45) is 3.95. The predicted octanol–water partition coefficient (Wildman–Crippen LogP) is 2.90. The highest BCUT2D eigenvalue weighted by molar-refractivity contribution is 9.10. The summed E-state index contributed by atoms with van der Waals surface area (Å²) in [6, 6.07) is 3.76. The van der Waals surface area contributed by atoms with Gasteiger partial charge in [-0.05, 0) is 66.5 Å². The van der Waals surface area contributed by atoms with Crippen LogP contribution in [0.5, 0.6) is 0 Å². The molecule has 1 aliphatic rings. The molecule has 2 amide bonds. The van der Waals surface area contributed by atoms with Crippen molar-refractivity contribution in [2.45, 2.75) is 25.3 Å². The fraction of sp³-hybridized carbons (Fsp3) is 0.353. The summed E-state index contributed by atoms with van der Waals surface area (Å²) in [5, 5.41) is 22.1. The van der Waals surface area contributed by atoms with Gasteiger partial charge >= 0.3 is 6.03 Å². The number of amides is 2. The van der Waals surface area contributed by atoms with E-state index < -0.39 is 11.8 Å². The molecule has 0 saturated carbocycles. The van der Waals surface area contributed by atoms with E-state index in [0.717, 1.165) is 32.4 Å². The van der Waals surface area contributed by atoms with Crippen molar-refractivity contribution in [2.24, 2.45) is 4.99 Å². The normalized spacial score (nSPS) is 17.7. The third-order valence-electron chi connectivity index (χ3n) is 4.20. The maximum atomic E-state index is 13.4. The lowest BCUT2D eigenvalue weighted by molar-refractivity contribution is 0.234. The van der Waals surface area contributed by atoms with E-state index in [1.54, 1.807) is 0 Å². The van der Waals surface area contributed by atoms with Crippen molar-refractivity contribution in [3.63, 3.8) is 0 Å². The molecule has 1 aliphatic heterocycles. The zero-order chi connectivity index (χ0) is 19.9. The standard InChI is InChI=1S/C17H20BrFN6O3/c18-12-8-11(3-4-13(12)19)21-16(24-27)15-14(9-28-25-15)23-17(26)22-10-2-1-6-20-7-5-10/h3-4,8-10,20,27H,1-2,5-7H2,(H,21,24)(H2,22,23,26). The van der Waals surface area contributed by atoms with Crippen molar-refractivity contribution in [3.8, 4) is 0 Å². The number of rotatable bonds is 4. The molecule has 1 aromatic carbocycles. The summed E-state index contributed by atoms with van der Waals surface area (Å²) in [7, 11) is 0. The Bertz CT molecular complexity index is 851. The molecule has 2 aromatic rings. The zero-order valence-corrected chi connectivity index (χ0v) is 16.4. The molecule has 1 unspecified atom stereocenters. The number of benzene rings is 1. The summed E-state index contributed by atoms with van der Waals surface area (Å²) in [4.78, 5) is 16.5. The third-order valence-corrected chi connectivity index (χ3v) is 4.81. The number of hydrogen-bond donors (Lipinski definition) is 5. The van der Waals surface area contributed by atoms with E-state index in [-0.39, 0.29) is 27.7 Å². The average molecular weight is 455 g/mol. The number of amidine groups is 1. The van der Waals surface area contributed by atoms with E-state index in [0.29, 0.717) is 5.69 Å². The number of carbonyl (C=O) groups excluding carboxylic acids is 1. The van der Waals surface area contributed by atoms with E-state index in [9.17, 15) is 14.4 Å². The average Bonchev–Trinajstić information content (AvgIpc) is 2.97. The summed E-state index contributed by atoms with van der Waals surface area (Å²) < 4.78 is 18.5. The number of anilines is 1. The molecule has 5 N–H and O–H groups in total. The first-order chi connectivity index (χ1) is 13.6. The molecule has 0 spiro atoms. The van der Waals surface area contributed by atoms with Crippen LogP contribution in [0, 0.1) is 5.82 Å². The lowest BCUT2D eigenvalue weighted by Gasteiger charge is -2.16. The summed E-state index contributed by atoms with van der Waals surface area (Å²) in [5.41, 5.74) is 2.61.